The molecule has 1 atom stereocenters. The van der Waals surface area contributed by atoms with Crippen molar-refractivity contribution in [3.05, 3.63) is 70.0 Å². The Hall–Kier alpha value is -2.35. The van der Waals surface area contributed by atoms with Gasteiger partial charge in [-0.2, -0.15) is 5.26 Å². The highest BCUT2D eigenvalue weighted by atomic mass is 35.5. The minimum atomic E-state index is -0.874. The van der Waals surface area contributed by atoms with E-state index in [0.29, 0.717) is 10.6 Å². The molecule has 0 spiro atoms. The minimum absolute atomic E-state index is 0.258. The van der Waals surface area contributed by atoms with Crippen molar-refractivity contribution in [2.75, 3.05) is 0 Å². The van der Waals surface area contributed by atoms with Crippen molar-refractivity contribution < 1.29 is 4.79 Å². The van der Waals surface area contributed by atoms with E-state index in [4.69, 9.17) is 23.2 Å². The maximum absolute atomic E-state index is 11.9. The van der Waals surface area contributed by atoms with E-state index in [1.807, 2.05) is 6.07 Å². The Morgan fingerprint density at radius 1 is 1.27 bits per heavy atom. The van der Waals surface area contributed by atoms with Gasteiger partial charge < -0.3 is 5.32 Å². The lowest BCUT2D eigenvalue weighted by molar-refractivity contribution is -0.116. The molecule has 0 unspecified atom stereocenters. The molecule has 0 fully saturated rings. The number of nitriles is 1. The van der Waals surface area contributed by atoms with Gasteiger partial charge in [-0.25, -0.2) is 0 Å². The van der Waals surface area contributed by atoms with Crippen LogP contribution in [0.3, 0.4) is 0 Å². The minimum Gasteiger partial charge on any atom is -0.333 e. The normalized spacial score (nSPS) is 11.9. The van der Waals surface area contributed by atoms with Gasteiger partial charge in [0.15, 0.2) is 0 Å². The summed E-state index contributed by atoms with van der Waals surface area (Å²) in [5.41, 5.74) is 1.29. The lowest BCUT2D eigenvalue weighted by atomic mass is 10.1. The molecular weight excluding hydrogens is 321 g/mol. The second kappa shape index (κ2) is 7.60. The van der Waals surface area contributed by atoms with E-state index in [-0.39, 0.29) is 5.02 Å². The average molecular weight is 332 g/mol. The SMILES string of the molecule is N#C[C@H](NC(=O)/C=C/c1ccncc1)c1cccc(Cl)c1Cl. The second-order valence-electron chi connectivity index (χ2n) is 4.33. The Kier molecular flexibility index (Phi) is 5.54. The predicted molar refractivity (Wildman–Crippen MR) is 86.2 cm³/mol. The third-order valence-corrected chi connectivity index (χ3v) is 3.67. The van der Waals surface area contributed by atoms with Crippen LogP contribution in [0.15, 0.2) is 48.8 Å². The summed E-state index contributed by atoms with van der Waals surface area (Å²) in [4.78, 5) is 15.8. The first-order valence-corrected chi connectivity index (χ1v) is 7.09. The predicted octanol–water partition coefficient (Wildman–Crippen LogP) is 3.78. The lowest BCUT2D eigenvalue weighted by Gasteiger charge is -2.12. The molecule has 0 saturated carbocycles. The zero-order chi connectivity index (χ0) is 15.9. The number of amides is 1. The summed E-state index contributed by atoms with van der Waals surface area (Å²) in [7, 11) is 0. The molecule has 1 heterocycles. The van der Waals surface area contributed by atoms with Crippen LogP contribution in [0.2, 0.25) is 10.0 Å². The zero-order valence-corrected chi connectivity index (χ0v) is 12.8. The average Bonchev–Trinajstić information content (AvgIpc) is 2.54. The molecular formula is C16H11Cl2N3O. The maximum atomic E-state index is 11.9. The van der Waals surface area contributed by atoms with E-state index >= 15 is 0 Å². The molecule has 0 radical (unpaired) electrons. The first-order valence-electron chi connectivity index (χ1n) is 6.34. The quantitative estimate of drug-likeness (QED) is 0.867. The van der Waals surface area contributed by atoms with Crippen molar-refractivity contribution in [2.45, 2.75) is 6.04 Å². The third-order valence-electron chi connectivity index (χ3n) is 2.84. The molecule has 6 heteroatoms. The highest BCUT2D eigenvalue weighted by Gasteiger charge is 2.17. The molecule has 1 aromatic heterocycles. The fraction of sp³-hybridized carbons (Fsp3) is 0.0625. The van der Waals surface area contributed by atoms with Gasteiger partial charge in [0.05, 0.1) is 16.1 Å². The van der Waals surface area contributed by atoms with Gasteiger partial charge in [-0.3, -0.25) is 9.78 Å². The number of nitrogens with zero attached hydrogens (tertiary/aromatic N) is 2. The fourth-order valence-electron chi connectivity index (χ4n) is 1.76. The van der Waals surface area contributed by atoms with Crippen LogP contribution in [0.5, 0.6) is 0 Å². The highest BCUT2D eigenvalue weighted by molar-refractivity contribution is 6.42. The molecule has 0 aliphatic rings. The number of benzene rings is 1. The van der Waals surface area contributed by atoms with Crippen molar-refractivity contribution in [1.82, 2.24) is 10.3 Å². The lowest BCUT2D eigenvalue weighted by Crippen LogP contribution is -2.26. The molecule has 0 aliphatic heterocycles. The van der Waals surface area contributed by atoms with Gasteiger partial charge in [-0.05, 0) is 29.8 Å². The van der Waals surface area contributed by atoms with Crippen molar-refractivity contribution >= 4 is 35.2 Å². The van der Waals surface area contributed by atoms with E-state index < -0.39 is 11.9 Å². The van der Waals surface area contributed by atoms with Crippen LogP contribution < -0.4 is 5.32 Å². The topological polar surface area (TPSA) is 65.8 Å². The largest absolute Gasteiger partial charge is 0.333 e. The van der Waals surface area contributed by atoms with E-state index in [9.17, 15) is 10.1 Å². The Morgan fingerprint density at radius 3 is 2.68 bits per heavy atom. The number of aromatic nitrogens is 1. The van der Waals surface area contributed by atoms with Crippen LogP contribution in [0.25, 0.3) is 6.08 Å². The molecule has 0 aliphatic carbocycles. The highest BCUT2D eigenvalue weighted by Crippen LogP contribution is 2.29. The molecule has 2 rings (SSSR count). The molecule has 1 amide bonds. The molecule has 1 N–H and O–H groups in total. The summed E-state index contributed by atoms with van der Waals surface area (Å²) in [5, 5.41) is 12.4. The van der Waals surface area contributed by atoms with Crippen LogP contribution in [-0.2, 0) is 4.79 Å². The van der Waals surface area contributed by atoms with Crippen LogP contribution >= 0.6 is 23.2 Å². The number of carbonyl (C=O) groups is 1. The third kappa shape index (κ3) is 4.08. The van der Waals surface area contributed by atoms with Crippen LogP contribution in [0.4, 0.5) is 0 Å². The molecule has 22 heavy (non-hydrogen) atoms. The van der Waals surface area contributed by atoms with Crippen molar-refractivity contribution in [1.29, 1.82) is 5.26 Å². The number of nitrogens with one attached hydrogen (secondary N) is 1. The van der Waals surface area contributed by atoms with Gasteiger partial charge in [0.25, 0.3) is 0 Å². The maximum Gasteiger partial charge on any atom is 0.245 e. The number of halogens is 2. The molecule has 110 valence electrons. The zero-order valence-electron chi connectivity index (χ0n) is 11.3. The molecule has 2 aromatic rings. The van der Waals surface area contributed by atoms with Crippen molar-refractivity contribution in [3.8, 4) is 6.07 Å². The van der Waals surface area contributed by atoms with Crippen LogP contribution in [-0.4, -0.2) is 10.9 Å². The van der Waals surface area contributed by atoms with Crippen LogP contribution in [0.1, 0.15) is 17.2 Å². The number of pyridine rings is 1. The first-order chi connectivity index (χ1) is 10.6. The number of hydrogen-bond acceptors (Lipinski definition) is 3. The molecule has 1 aromatic carbocycles. The Labute approximate surface area is 138 Å². The van der Waals surface area contributed by atoms with Gasteiger partial charge in [0, 0.05) is 24.0 Å². The summed E-state index contributed by atoms with van der Waals surface area (Å²) < 4.78 is 0. The van der Waals surface area contributed by atoms with Crippen LogP contribution in [0, 0.1) is 11.3 Å². The van der Waals surface area contributed by atoms with E-state index in [1.54, 1.807) is 48.8 Å². The van der Waals surface area contributed by atoms with Gasteiger partial charge in [-0.1, -0.05) is 35.3 Å². The summed E-state index contributed by atoms with van der Waals surface area (Å²) in [5.74, 6) is -0.403. The summed E-state index contributed by atoms with van der Waals surface area (Å²) in [6, 6.07) is 9.59. The monoisotopic (exact) mass is 331 g/mol. The number of hydrogen-bond donors (Lipinski definition) is 1. The summed E-state index contributed by atoms with van der Waals surface area (Å²) >= 11 is 12.0. The first kappa shape index (κ1) is 16.0. The van der Waals surface area contributed by atoms with Gasteiger partial charge >= 0.3 is 0 Å². The van der Waals surface area contributed by atoms with Gasteiger partial charge in [-0.15, -0.1) is 0 Å². The Balaban J connectivity index is 2.11. The van der Waals surface area contributed by atoms with E-state index in [2.05, 4.69) is 10.3 Å². The summed E-state index contributed by atoms with van der Waals surface area (Å²) in [6.07, 6.45) is 6.23. The Morgan fingerprint density at radius 2 is 2.00 bits per heavy atom. The standard InChI is InChI=1S/C16H11Cl2N3O/c17-13-3-1-2-12(16(13)18)14(10-19)21-15(22)5-4-11-6-8-20-9-7-11/h1-9,14H,(H,21,22)/b5-4+/t14-/m0/s1. The van der Waals surface area contributed by atoms with Crippen molar-refractivity contribution in [3.63, 3.8) is 0 Å². The fourth-order valence-corrected chi connectivity index (χ4v) is 2.18. The number of carbonyl (C=O) groups excluding carboxylic acids is 1. The molecule has 0 saturated heterocycles. The Bertz CT molecular complexity index is 739. The van der Waals surface area contributed by atoms with Gasteiger partial charge in [0.2, 0.25) is 5.91 Å². The molecule has 4 nitrogen and oxygen atoms in total. The number of rotatable bonds is 4. The molecule has 0 bridgehead atoms. The second-order valence-corrected chi connectivity index (χ2v) is 5.11. The van der Waals surface area contributed by atoms with E-state index in [0.717, 1.165) is 5.56 Å². The summed E-state index contributed by atoms with van der Waals surface area (Å²) in [6.45, 7) is 0. The van der Waals surface area contributed by atoms with Crippen molar-refractivity contribution in [2.24, 2.45) is 0 Å². The van der Waals surface area contributed by atoms with Gasteiger partial charge in [0.1, 0.15) is 6.04 Å². The smallest absolute Gasteiger partial charge is 0.245 e. The van der Waals surface area contributed by atoms with E-state index in [1.165, 1.54) is 6.08 Å².